The summed E-state index contributed by atoms with van der Waals surface area (Å²) in [6, 6.07) is 6.56. The number of hydrogen-bond donors (Lipinski definition) is 1. The third-order valence-electron chi connectivity index (χ3n) is 2.22. The van der Waals surface area contributed by atoms with E-state index in [1.54, 1.807) is 21.8 Å². The van der Waals surface area contributed by atoms with E-state index >= 15 is 0 Å². The second-order valence-electron chi connectivity index (χ2n) is 3.80. The molecule has 0 heterocycles. The molecule has 2 nitrogen and oxygen atoms in total. The molecule has 0 bridgehead atoms. The van der Waals surface area contributed by atoms with Crippen molar-refractivity contribution in [1.82, 2.24) is 4.72 Å². The predicted molar refractivity (Wildman–Crippen MR) is 75.1 cm³/mol. The quantitative estimate of drug-likeness (QED) is 0.621. The lowest BCUT2D eigenvalue weighted by atomic mass is 10.1. The van der Waals surface area contributed by atoms with Crippen LogP contribution in [0.25, 0.3) is 0 Å². The van der Waals surface area contributed by atoms with Gasteiger partial charge in [-0.25, -0.2) is 4.72 Å². The summed E-state index contributed by atoms with van der Waals surface area (Å²) in [7, 11) is 3.35. The van der Waals surface area contributed by atoms with Crippen molar-refractivity contribution in [3.8, 4) is 5.75 Å². The highest BCUT2D eigenvalue weighted by molar-refractivity contribution is 8.75. The summed E-state index contributed by atoms with van der Waals surface area (Å²) in [4.78, 5) is 0. The van der Waals surface area contributed by atoms with Gasteiger partial charge in [-0.3, -0.25) is 0 Å². The fourth-order valence-electron chi connectivity index (χ4n) is 1.40. The Labute approximate surface area is 106 Å². The first kappa shape index (κ1) is 13.7. The second kappa shape index (κ2) is 7.09. The van der Waals surface area contributed by atoms with E-state index in [0.717, 1.165) is 5.75 Å². The molecule has 90 valence electrons. The summed E-state index contributed by atoms with van der Waals surface area (Å²) in [5.41, 5.74) is 2.40. The van der Waals surface area contributed by atoms with Gasteiger partial charge in [-0.05, 0) is 49.1 Å². The van der Waals surface area contributed by atoms with Crippen LogP contribution in [0, 0.1) is 13.8 Å². The van der Waals surface area contributed by atoms with Gasteiger partial charge in [0, 0.05) is 6.04 Å². The third kappa shape index (κ3) is 4.28. The zero-order valence-electron chi connectivity index (χ0n) is 10.2. The normalized spacial score (nSPS) is 12.5. The van der Waals surface area contributed by atoms with Crippen LogP contribution in [0.2, 0.25) is 0 Å². The van der Waals surface area contributed by atoms with Crippen LogP contribution in [0.15, 0.2) is 18.2 Å². The van der Waals surface area contributed by atoms with E-state index in [4.69, 9.17) is 4.74 Å². The zero-order chi connectivity index (χ0) is 12.0. The first-order valence-corrected chi connectivity index (χ1v) is 7.85. The highest BCUT2D eigenvalue weighted by Gasteiger charge is 2.06. The molecule has 1 aromatic rings. The highest BCUT2D eigenvalue weighted by Crippen LogP contribution is 2.22. The van der Waals surface area contributed by atoms with Gasteiger partial charge in [0.05, 0.1) is 0 Å². The number of benzene rings is 1. The minimum Gasteiger partial charge on any atom is -0.491 e. The van der Waals surface area contributed by atoms with Crippen molar-refractivity contribution in [1.29, 1.82) is 0 Å². The Bertz CT molecular complexity index is 311. The van der Waals surface area contributed by atoms with E-state index in [1.165, 1.54) is 11.1 Å². The van der Waals surface area contributed by atoms with Gasteiger partial charge in [0.15, 0.2) is 0 Å². The number of aryl methyl sites for hydroxylation is 2. The topological polar surface area (TPSA) is 21.3 Å². The van der Waals surface area contributed by atoms with Crippen molar-refractivity contribution in [3.63, 3.8) is 0 Å². The number of nitrogens with one attached hydrogen (secondary N) is 1. The average molecular weight is 257 g/mol. The van der Waals surface area contributed by atoms with Crippen LogP contribution in [0.5, 0.6) is 5.75 Å². The van der Waals surface area contributed by atoms with Crippen LogP contribution in [-0.2, 0) is 0 Å². The van der Waals surface area contributed by atoms with Gasteiger partial charge in [0.2, 0.25) is 0 Å². The summed E-state index contributed by atoms with van der Waals surface area (Å²) in [5.74, 6) is 1.02. The summed E-state index contributed by atoms with van der Waals surface area (Å²) < 4.78 is 9.14. The van der Waals surface area contributed by atoms with Crippen molar-refractivity contribution in [3.05, 3.63) is 29.3 Å². The first-order chi connectivity index (χ1) is 7.65. The van der Waals surface area contributed by atoms with Crippen LogP contribution < -0.4 is 9.46 Å². The maximum Gasteiger partial charge on any atom is 0.125 e. The number of rotatable bonds is 6. The SMILES string of the molecule is CSSNC(C)COc1c(C)cccc1C. The smallest absolute Gasteiger partial charge is 0.125 e. The van der Waals surface area contributed by atoms with Crippen molar-refractivity contribution in [2.75, 3.05) is 12.9 Å². The molecule has 0 aliphatic carbocycles. The zero-order valence-corrected chi connectivity index (χ0v) is 11.9. The molecule has 0 amide bonds. The summed E-state index contributed by atoms with van der Waals surface area (Å²) in [5, 5.41) is 0. The predicted octanol–water partition coefficient (Wildman–Crippen LogP) is 3.59. The van der Waals surface area contributed by atoms with Crippen molar-refractivity contribution < 1.29 is 4.74 Å². The number of ether oxygens (including phenoxy) is 1. The van der Waals surface area contributed by atoms with Crippen LogP contribution in [0.3, 0.4) is 0 Å². The largest absolute Gasteiger partial charge is 0.491 e. The fraction of sp³-hybridized carbons (Fsp3) is 0.500. The third-order valence-corrected chi connectivity index (χ3v) is 3.67. The molecular formula is C12H19NOS2. The van der Waals surface area contributed by atoms with E-state index in [1.807, 2.05) is 0 Å². The first-order valence-electron chi connectivity index (χ1n) is 5.29. The Morgan fingerprint density at radius 3 is 2.50 bits per heavy atom. The molecule has 4 heteroatoms. The number of hydrogen-bond acceptors (Lipinski definition) is 4. The summed E-state index contributed by atoms with van der Waals surface area (Å²) in [6.07, 6.45) is 2.05. The summed E-state index contributed by atoms with van der Waals surface area (Å²) in [6.45, 7) is 6.98. The van der Waals surface area contributed by atoms with Gasteiger partial charge in [0.25, 0.3) is 0 Å². The Hall–Kier alpha value is -0.320. The molecule has 0 saturated heterocycles. The van der Waals surface area contributed by atoms with Crippen LogP contribution in [0.4, 0.5) is 0 Å². The van der Waals surface area contributed by atoms with E-state index in [-0.39, 0.29) is 0 Å². The molecule has 0 fully saturated rings. The maximum atomic E-state index is 5.84. The van der Waals surface area contributed by atoms with Crippen molar-refractivity contribution in [2.24, 2.45) is 0 Å². The molecule has 0 aliphatic heterocycles. The number of para-hydroxylation sites is 1. The van der Waals surface area contributed by atoms with E-state index in [0.29, 0.717) is 12.6 Å². The lowest BCUT2D eigenvalue weighted by Crippen LogP contribution is -2.26. The Morgan fingerprint density at radius 2 is 1.94 bits per heavy atom. The van der Waals surface area contributed by atoms with Crippen molar-refractivity contribution in [2.45, 2.75) is 26.8 Å². The molecule has 0 saturated carbocycles. The molecule has 1 atom stereocenters. The lowest BCUT2D eigenvalue weighted by Gasteiger charge is -2.16. The van der Waals surface area contributed by atoms with Gasteiger partial charge >= 0.3 is 0 Å². The van der Waals surface area contributed by atoms with Gasteiger partial charge in [-0.1, -0.05) is 29.0 Å². The Morgan fingerprint density at radius 1 is 1.31 bits per heavy atom. The fourth-order valence-corrected chi connectivity index (χ4v) is 2.51. The van der Waals surface area contributed by atoms with E-state index < -0.39 is 0 Å². The molecule has 0 radical (unpaired) electrons. The monoisotopic (exact) mass is 257 g/mol. The minimum atomic E-state index is 0.344. The molecular weight excluding hydrogens is 238 g/mol. The lowest BCUT2D eigenvalue weighted by molar-refractivity contribution is 0.286. The summed E-state index contributed by atoms with van der Waals surface area (Å²) >= 11 is 0. The highest BCUT2D eigenvalue weighted by atomic mass is 33.1. The Balaban J connectivity index is 2.48. The van der Waals surface area contributed by atoms with Gasteiger partial charge in [-0.15, -0.1) is 0 Å². The average Bonchev–Trinajstić information content (AvgIpc) is 2.25. The molecule has 0 aliphatic rings. The molecule has 0 spiro atoms. The van der Waals surface area contributed by atoms with E-state index in [9.17, 15) is 0 Å². The minimum absolute atomic E-state index is 0.344. The standard InChI is InChI=1S/C12H19NOS2/c1-9-6-5-7-10(2)12(9)14-8-11(3)13-16-15-4/h5-7,11,13H,8H2,1-4H3. The van der Waals surface area contributed by atoms with Crippen LogP contribution >= 0.6 is 21.8 Å². The maximum absolute atomic E-state index is 5.84. The molecule has 1 aromatic carbocycles. The molecule has 1 rings (SSSR count). The molecule has 0 aromatic heterocycles. The molecule has 1 unspecified atom stereocenters. The molecule has 16 heavy (non-hydrogen) atoms. The van der Waals surface area contributed by atoms with Gasteiger partial charge in [0.1, 0.15) is 12.4 Å². The van der Waals surface area contributed by atoms with Crippen LogP contribution in [0.1, 0.15) is 18.1 Å². The van der Waals surface area contributed by atoms with Gasteiger partial charge < -0.3 is 4.74 Å². The molecule has 1 N–H and O–H groups in total. The second-order valence-corrected chi connectivity index (χ2v) is 6.04. The van der Waals surface area contributed by atoms with E-state index in [2.05, 4.69) is 49.9 Å². The van der Waals surface area contributed by atoms with Gasteiger partial charge in [-0.2, -0.15) is 0 Å². The Kier molecular flexibility index (Phi) is 6.09. The van der Waals surface area contributed by atoms with Crippen molar-refractivity contribution >= 4 is 21.8 Å². The van der Waals surface area contributed by atoms with Crippen LogP contribution in [-0.4, -0.2) is 18.9 Å².